The summed E-state index contributed by atoms with van der Waals surface area (Å²) in [6, 6.07) is 11.9. The lowest BCUT2D eigenvalue weighted by Crippen LogP contribution is -2.29. The number of nitrogens with zero attached hydrogens (tertiary/aromatic N) is 2. The van der Waals surface area contributed by atoms with Crippen LogP contribution in [0.5, 0.6) is 0 Å². The highest BCUT2D eigenvalue weighted by atomic mass is 16.3. The van der Waals surface area contributed by atoms with E-state index in [1.165, 1.54) is 5.69 Å². The van der Waals surface area contributed by atoms with Gasteiger partial charge < -0.3 is 5.11 Å². The minimum atomic E-state index is -0.901. The summed E-state index contributed by atoms with van der Waals surface area (Å²) >= 11 is 0. The molecule has 0 aliphatic carbocycles. The van der Waals surface area contributed by atoms with Crippen LogP contribution in [0.1, 0.15) is 37.7 Å². The highest BCUT2D eigenvalue weighted by Crippen LogP contribution is 2.23. The summed E-state index contributed by atoms with van der Waals surface area (Å²) in [5.74, 6) is 0. The van der Waals surface area contributed by atoms with Gasteiger partial charge in [-0.2, -0.15) is 5.10 Å². The van der Waals surface area contributed by atoms with Crippen molar-refractivity contribution < 1.29 is 5.11 Å². The van der Waals surface area contributed by atoms with Crippen molar-refractivity contribution >= 4 is 0 Å². The molecule has 1 N–H and O–H groups in total. The van der Waals surface area contributed by atoms with Crippen LogP contribution in [0.25, 0.3) is 0 Å². The molecule has 2 aromatic rings. The SMILES string of the molecule is CCc1cc(CC)n(CC(C)(O)c2ccccc2)n1. The zero-order chi connectivity index (χ0) is 13.9. The minimum absolute atomic E-state index is 0.486. The van der Waals surface area contributed by atoms with Gasteiger partial charge in [0, 0.05) is 5.69 Å². The van der Waals surface area contributed by atoms with Crippen molar-refractivity contribution in [3.8, 4) is 0 Å². The lowest BCUT2D eigenvalue weighted by Gasteiger charge is -2.24. The average molecular weight is 258 g/mol. The standard InChI is InChI=1S/C16H22N2O/c1-4-14-11-15(5-2)18(17-14)12-16(3,19)13-9-7-6-8-10-13/h6-11,19H,4-5,12H2,1-3H3. The van der Waals surface area contributed by atoms with Crippen molar-refractivity contribution in [1.29, 1.82) is 0 Å². The van der Waals surface area contributed by atoms with Gasteiger partial charge in [-0.15, -0.1) is 0 Å². The first-order valence-corrected chi connectivity index (χ1v) is 6.90. The zero-order valence-corrected chi connectivity index (χ0v) is 11.9. The first kappa shape index (κ1) is 13.8. The minimum Gasteiger partial charge on any atom is -0.384 e. The molecule has 0 bridgehead atoms. The highest BCUT2D eigenvalue weighted by Gasteiger charge is 2.25. The Balaban J connectivity index is 2.27. The number of aryl methyl sites for hydroxylation is 2. The zero-order valence-electron chi connectivity index (χ0n) is 11.9. The molecule has 1 unspecified atom stereocenters. The fourth-order valence-electron chi connectivity index (χ4n) is 2.29. The average Bonchev–Trinajstić information content (AvgIpc) is 2.81. The van der Waals surface area contributed by atoms with Crippen molar-refractivity contribution in [2.24, 2.45) is 0 Å². The van der Waals surface area contributed by atoms with Crippen molar-refractivity contribution in [2.45, 2.75) is 45.8 Å². The van der Waals surface area contributed by atoms with Crippen LogP contribution in [-0.4, -0.2) is 14.9 Å². The number of benzene rings is 1. The molecule has 0 amide bonds. The monoisotopic (exact) mass is 258 g/mol. The predicted octanol–water partition coefficient (Wildman–Crippen LogP) is 2.92. The third-order valence-electron chi connectivity index (χ3n) is 3.49. The summed E-state index contributed by atoms with van der Waals surface area (Å²) in [5, 5.41) is 15.2. The summed E-state index contributed by atoms with van der Waals surface area (Å²) < 4.78 is 1.94. The van der Waals surface area contributed by atoms with E-state index in [4.69, 9.17) is 0 Å². The molecule has 1 aromatic heterocycles. The van der Waals surface area contributed by atoms with Gasteiger partial charge >= 0.3 is 0 Å². The van der Waals surface area contributed by atoms with E-state index < -0.39 is 5.60 Å². The van der Waals surface area contributed by atoms with Gasteiger partial charge in [-0.25, -0.2) is 0 Å². The normalized spacial score (nSPS) is 14.3. The van der Waals surface area contributed by atoms with E-state index in [2.05, 4.69) is 25.0 Å². The van der Waals surface area contributed by atoms with Crippen LogP contribution in [0, 0.1) is 0 Å². The van der Waals surface area contributed by atoms with Crippen molar-refractivity contribution in [3.05, 3.63) is 53.3 Å². The molecule has 3 nitrogen and oxygen atoms in total. The van der Waals surface area contributed by atoms with Gasteiger partial charge in [0.2, 0.25) is 0 Å². The Bertz CT molecular complexity index is 529. The topological polar surface area (TPSA) is 38.0 Å². The molecule has 0 saturated heterocycles. The number of rotatable bonds is 5. The summed E-state index contributed by atoms with van der Waals surface area (Å²) in [6.45, 7) is 6.54. The maximum absolute atomic E-state index is 10.7. The third kappa shape index (κ3) is 3.04. The molecular weight excluding hydrogens is 236 g/mol. The van der Waals surface area contributed by atoms with Gasteiger partial charge in [0.25, 0.3) is 0 Å². The Hall–Kier alpha value is -1.61. The molecule has 1 heterocycles. The maximum Gasteiger partial charge on any atom is 0.106 e. The van der Waals surface area contributed by atoms with Gasteiger partial charge in [-0.3, -0.25) is 4.68 Å². The molecule has 0 spiro atoms. The first-order valence-electron chi connectivity index (χ1n) is 6.90. The van der Waals surface area contributed by atoms with E-state index in [0.717, 1.165) is 24.1 Å². The fourth-order valence-corrected chi connectivity index (χ4v) is 2.29. The molecule has 19 heavy (non-hydrogen) atoms. The van der Waals surface area contributed by atoms with Crippen molar-refractivity contribution in [2.75, 3.05) is 0 Å². The molecule has 0 saturated carbocycles. The lowest BCUT2D eigenvalue weighted by molar-refractivity contribution is 0.0337. The third-order valence-corrected chi connectivity index (χ3v) is 3.49. The summed E-state index contributed by atoms with van der Waals surface area (Å²) in [4.78, 5) is 0. The van der Waals surface area contributed by atoms with Gasteiger partial charge in [0.1, 0.15) is 5.60 Å². The van der Waals surface area contributed by atoms with Crippen LogP contribution in [0.2, 0.25) is 0 Å². The Morgan fingerprint density at radius 1 is 1.16 bits per heavy atom. The molecule has 2 rings (SSSR count). The molecule has 1 aromatic carbocycles. The predicted molar refractivity (Wildman–Crippen MR) is 77.0 cm³/mol. The van der Waals surface area contributed by atoms with E-state index in [1.54, 1.807) is 0 Å². The van der Waals surface area contributed by atoms with Crippen molar-refractivity contribution in [1.82, 2.24) is 9.78 Å². The first-order chi connectivity index (χ1) is 9.06. The molecule has 0 aliphatic heterocycles. The summed E-state index contributed by atoms with van der Waals surface area (Å²) in [6.07, 6.45) is 1.85. The Morgan fingerprint density at radius 3 is 2.42 bits per heavy atom. The van der Waals surface area contributed by atoms with Crippen LogP contribution < -0.4 is 0 Å². The molecule has 0 aliphatic rings. The van der Waals surface area contributed by atoms with E-state index in [0.29, 0.717) is 6.54 Å². The van der Waals surface area contributed by atoms with E-state index in [9.17, 15) is 5.11 Å². The quantitative estimate of drug-likeness (QED) is 0.895. The molecule has 3 heteroatoms. The van der Waals surface area contributed by atoms with Crippen LogP contribution >= 0.6 is 0 Å². The van der Waals surface area contributed by atoms with Gasteiger partial charge in [0.15, 0.2) is 0 Å². The van der Waals surface area contributed by atoms with E-state index in [-0.39, 0.29) is 0 Å². The van der Waals surface area contributed by atoms with Crippen LogP contribution in [0.4, 0.5) is 0 Å². The van der Waals surface area contributed by atoms with Crippen LogP contribution in [0.15, 0.2) is 36.4 Å². The molecule has 102 valence electrons. The summed E-state index contributed by atoms with van der Waals surface area (Å²) in [7, 11) is 0. The second-order valence-electron chi connectivity index (χ2n) is 5.13. The maximum atomic E-state index is 10.7. The number of hydrogen-bond donors (Lipinski definition) is 1. The Kier molecular flexibility index (Phi) is 4.05. The largest absolute Gasteiger partial charge is 0.384 e. The van der Waals surface area contributed by atoms with Crippen molar-refractivity contribution in [3.63, 3.8) is 0 Å². The summed E-state index contributed by atoms with van der Waals surface area (Å²) in [5.41, 5.74) is 2.28. The van der Waals surface area contributed by atoms with E-state index >= 15 is 0 Å². The molecule has 1 atom stereocenters. The molecule has 0 fully saturated rings. The lowest BCUT2D eigenvalue weighted by atomic mass is 9.96. The highest BCUT2D eigenvalue weighted by molar-refractivity contribution is 5.21. The second kappa shape index (κ2) is 5.57. The second-order valence-corrected chi connectivity index (χ2v) is 5.13. The number of aliphatic hydroxyl groups is 1. The Labute approximate surface area is 114 Å². The smallest absolute Gasteiger partial charge is 0.106 e. The molecule has 0 radical (unpaired) electrons. The fraction of sp³-hybridized carbons (Fsp3) is 0.438. The number of aromatic nitrogens is 2. The van der Waals surface area contributed by atoms with E-state index in [1.807, 2.05) is 41.9 Å². The van der Waals surface area contributed by atoms with Crippen LogP contribution in [0.3, 0.4) is 0 Å². The van der Waals surface area contributed by atoms with Crippen LogP contribution in [-0.2, 0) is 25.0 Å². The van der Waals surface area contributed by atoms with Gasteiger partial charge in [-0.05, 0) is 31.4 Å². The van der Waals surface area contributed by atoms with Gasteiger partial charge in [0.05, 0.1) is 12.2 Å². The van der Waals surface area contributed by atoms with Gasteiger partial charge in [-0.1, -0.05) is 44.2 Å². The number of hydrogen-bond acceptors (Lipinski definition) is 2. The molecular formula is C16H22N2O. The Morgan fingerprint density at radius 2 is 1.84 bits per heavy atom.